The van der Waals surface area contributed by atoms with Gasteiger partial charge in [0, 0.05) is 23.3 Å². The number of amides is 1. The minimum absolute atomic E-state index is 0.0139. The fourth-order valence-electron chi connectivity index (χ4n) is 2.61. The van der Waals surface area contributed by atoms with E-state index in [-0.39, 0.29) is 12.5 Å². The first kappa shape index (κ1) is 15.0. The number of rotatable bonds is 5. The van der Waals surface area contributed by atoms with Crippen LogP contribution in [0, 0.1) is 5.92 Å². The van der Waals surface area contributed by atoms with Crippen LogP contribution in [0.25, 0.3) is 0 Å². The monoisotopic (exact) mass is 295 g/mol. The van der Waals surface area contributed by atoms with Gasteiger partial charge in [-0.15, -0.1) is 11.3 Å². The molecule has 0 saturated carbocycles. The van der Waals surface area contributed by atoms with E-state index in [2.05, 4.69) is 0 Å². The molecule has 1 atom stereocenters. The van der Waals surface area contributed by atoms with Crippen molar-refractivity contribution >= 4 is 23.2 Å². The highest BCUT2D eigenvalue weighted by molar-refractivity contribution is 7.10. The zero-order valence-electron chi connectivity index (χ0n) is 12.0. The minimum Gasteiger partial charge on any atom is -0.481 e. The van der Waals surface area contributed by atoms with Gasteiger partial charge < -0.3 is 10.0 Å². The van der Waals surface area contributed by atoms with Gasteiger partial charge in [-0.1, -0.05) is 6.92 Å². The Balaban J connectivity index is 2.16. The number of fused-ring (bicyclic) bond motifs is 1. The average Bonchev–Trinajstić information content (AvgIpc) is 2.87. The first-order valence-electron chi connectivity index (χ1n) is 7.15. The molecule has 2 rings (SSSR count). The number of nitrogens with zero attached hydrogens (tertiary/aromatic N) is 1. The van der Waals surface area contributed by atoms with E-state index in [1.54, 1.807) is 23.2 Å². The van der Waals surface area contributed by atoms with Crippen LogP contribution in [0.5, 0.6) is 0 Å². The predicted octanol–water partition coefficient (Wildman–Crippen LogP) is 2.81. The Hall–Kier alpha value is -1.36. The molecule has 1 heterocycles. The van der Waals surface area contributed by atoms with Crippen molar-refractivity contribution < 1.29 is 14.7 Å². The average molecular weight is 295 g/mol. The van der Waals surface area contributed by atoms with Crippen LogP contribution >= 0.6 is 11.3 Å². The molecule has 0 fully saturated rings. The number of aliphatic carboxylic acids is 1. The van der Waals surface area contributed by atoms with Gasteiger partial charge >= 0.3 is 5.97 Å². The molecule has 0 aromatic carbocycles. The van der Waals surface area contributed by atoms with Crippen molar-refractivity contribution in [2.75, 3.05) is 13.1 Å². The maximum Gasteiger partial charge on any atom is 0.308 e. The predicted molar refractivity (Wildman–Crippen MR) is 79.3 cm³/mol. The Morgan fingerprint density at radius 1 is 1.40 bits per heavy atom. The molecule has 0 aliphatic heterocycles. The molecule has 1 aromatic heterocycles. The van der Waals surface area contributed by atoms with Gasteiger partial charge in [-0.3, -0.25) is 9.59 Å². The second kappa shape index (κ2) is 6.39. The number of carboxylic acids is 1. The third-order valence-electron chi connectivity index (χ3n) is 3.88. The summed E-state index contributed by atoms with van der Waals surface area (Å²) in [7, 11) is 0. The third kappa shape index (κ3) is 3.03. The standard InChI is InChI=1S/C15H21NO3S/c1-3-16(8-10(2)15(18)19)14(17)12-9-20-13-7-5-4-6-11(12)13/h9-10H,3-8H2,1-2H3,(H,18,19). The maximum absolute atomic E-state index is 12.6. The lowest BCUT2D eigenvalue weighted by molar-refractivity contribution is -0.141. The SMILES string of the molecule is CCN(CC(C)C(=O)O)C(=O)c1csc2c1CCCC2. The Labute approximate surface area is 123 Å². The van der Waals surface area contributed by atoms with Gasteiger partial charge in [0.2, 0.25) is 0 Å². The van der Waals surface area contributed by atoms with Crippen LogP contribution in [0.3, 0.4) is 0 Å². The second-order valence-electron chi connectivity index (χ2n) is 5.34. The van der Waals surface area contributed by atoms with E-state index in [9.17, 15) is 9.59 Å². The lowest BCUT2D eigenvalue weighted by Crippen LogP contribution is -2.37. The summed E-state index contributed by atoms with van der Waals surface area (Å²) in [6, 6.07) is 0. The number of hydrogen-bond donors (Lipinski definition) is 1. The van der Waals surface area contributed by atoms with Crippen LogP contribution in [-0.4, -0.2) is 35.0 Å². The largest absolute Gasteiger partial charge is 0.481 e. The van der Waals surface area contributed by atoms with Gasteiger partial charge in [-0.25, -0.2) is 0 Å². The van der Waals surface area contributed by atoms with Gasteiger partial charge in [0.05, 0.1) is 11.5 Å². The minimum atomic E-state index is -0.858. The van der Waals surface area contributed by atoms with Crippen molar-refractivity contribution in [3.63, 3.8) is 0 Å². The number of carboxylic acid groups (broad SMARTS) is 1. The molecule has 0 spiro atoms. The molecule has 4 nitrogen and oxygen atoms in total. The molecule has 20 heavy (non-hydrogen) atoms. The van der Waals surface area contributed by atoms with E-state index >= 15 is 0 Å². The van der Waals surface area contributed by atoms with E-state index in [0.717, 1.165) is 24.8 Å². The quantitative estimate of drug-likeness (QED) is 0.908. The summed E-state index contributed by atoms with van der Waals surface area (Å²) in [4.78, 5) is 26.5. The molecule has 1 aliphatic carbocycles. The first-order chi connectivity index (χ1) is 9.54. The molecule has 0 saturated heterocycles. The van der Waals surface area contributed by atoms with Crippen LogP contribution in [0.1, 0.15) is 47.5 Å². The first-order valence-corrected chi connectivity index (χ1v) is 8.03. The third-order valence-corrected chi connectivity index (χ3v) is 4.97. The van der Waals surface area contributed by atoms with Crippen molar-refractivity contribution in [2.24, 2.45) is 5.92 Å². The Morgan fingerprint density at radius 3 is 2.75 bits per heavy atom. The molecule has 0 radical (unpaired) electrons. The number of aryl methyl sites for hydroxylation is 1. The molecule has 110 valence electrons. The van der Waals surface area contributed by atoms with Crippen LogP contribution in [0.2, 0.25) is 0 Å². The molecule has 1 aliphatic rings. The molecular weight excluding hydrogens is 274 g/mol. The number of carbonyl (C=O) groups is 2. The lowest BCUT2D eigenvalue weighted by atomic mass is 9.95. The number of carbonyl (C=O) groups excluding carboxylic acids is 1. The highest BCUT2D eigenvalue weighted by atomic mass is 32.1. The van der Waals surface area contributed by atoms with Crippen molar-refractivity contribution in [2.45, 2.75) is 39.5 Å². The maximum atomic E-state index is 12.6. The molecule has 1 unspecified atom stereocenters. The van der Waals surface area contributed by atoms with E-state index in [1.165, 1.54) is 16.9 Å². The van der Waals surface area contributed by atoms with E-state index in [4.69, 9.17) is 5.11 Å². The Kier molecular flexibility index (Phi) is 4.81. The van der Waals surface area contributed by atoms with E-state index in [1.807, 2.05) is 12.3 Å². The number of hydrogen-bond acceptors (Lipinski definition) is 3. The second-order valence-corrected chi connectivity index (χ2v) is 6.31. The zero-order chi connectivity index (χ0) is 14.7. The normalized spacial score (nSPS) is 15.5. The van der Waals surface area contributed by atoms with Gasteiger partial charge in [0.25, 0.3) is 5.91 Å². The molecule has 1 amide bonds. The zero-order valence-corrected chi connectivity index (χ0v) is 12.8. The highest BCUT2D eigenvalue weighted by Crippen LogP contribution is 2.31. The fraction of sp³-hybridized carbons (Fsp3) is 0.600. The molecule has 0 bridgehead atoms. The molecule has 1 N–H and O–H groups in total. The molecule has 5 heteroatoms. The van der Waals surface area contributed by atoms with Crippen molar-refractivity contribution in [1.82, 2.24) is 4.90 Å². The van der Waals surface area contributed by atoms with Gasteiger partial charge in [0.1, 0.15) is 0 Å². The van der Waals surface area contributed by atoms with Crippen molar-refractivity contribution in [3.8, 4) is 0 Å². The molecule has 1 aromatic rings. The highest BCUT2D eigenvalue weighted by Gasteiger charge is 2.25. The molecular formula is C15H21NO3S. The summed E-state index contributed by atoms with van der Waals surface area (Å²) in [5, 5.41) is 10.9. The van der Waals surface area contributed by atoms with E-state index < -0.39 is 11.9 Å². The Morgan fingerprint density at radius 2 is 2.10 bits per heavy atom. The summed E-state index contributed by atoms with van der Waals surface area (Å²) in [6.07, 6.45) is 4.40. The van der Waals surface area contributed by atoms with Crippen LogP contribution in [0.15, 0.2) is 5.38 Å². The summed E-state index contributed by atoms with van der Waals surface area (Å²) in [5.41, 5.74) is 2.00. The Bertz CT molecular complexity index is 509. The summed E-state index contributed by atoms with van der Waals surface area (Å²) in [5.74, 6) is -1.41. The lowest BCUT2D eigenvalue weighted by Gasteiger charge is -2.23. The number of thiophene rings is 1. The summed E-state index contributed by atoms with van der Waals surface area (Å²) < 4.78 is 0. The van der Waals surface area contributed by atoms with Gasteiger partial charge in [-0.2, -0.15) is 0 Å². The van der Waals surface area contributed by atoms with Crippen molar-refractivity contribution in [3.05, 3.63) is 21.4 Å². The van der Waals surface area contributed by atoms with Crippen molar-refractivity contribution in [1.29, 1.82) is 0 Å². The van der Waals surface area contributed by atoms with Gasteiger partial charge in [-0.05, 0) is 38.2 Å². The van der Waals surface area contributed by atoms with Crippen LogP contribution in [0.4, 0.5) is 0 Å². The van der Waals surface area contributed by atoms with Gasteiger partial charge in [0.15, 0.2) is 0 Å². The fourth-order valence-corrected chi connectivity index (χ4v) is 3.73. The summed E-state index contributed by atoms with van der Waals surface area (Å²) >= 11 is 1.67. The topological polar surface area (TPSA) is 57.6 Å². The van der Waals surface area contributed by atoms with Crippen LogP contribution < -0.4 is 0 Å². The smallest absolute Gasteiger partial charge is 0.308 e. The van der Waals surface area contributed by atoms with E-state index in [0.29, 0.717) is 6.54 Å². The summed E-state index contributed by atoms with van der Waals surface area (Å²) in [6.45, 7) is 4.35. The van der Waals surface area contributed by atoms with Crippen LogP contribution in [-0.2, 0) is 17.6 Å².